The van der Waals surface area contributed by atoms with E-state index < -0.39 is 18.2 Å². The number of aliphatic hydroxyl groups is 2. The van der Waals surface area contributed by atoms with Crippen LogP contribution in [0.4, 0.5) is 0 Å². The molecule has 348 valence electrons. The normalized spacial score (nSPS) is 13.8. The molecule has 0 aliphatic heterocycles. The summed E-state index contributed by atoms with van der Waals surface area (Å²) in [7, 11) is 0. The number of ether oxygens (including phenoxy) is 1. The topological polar surface area (TPSA) is 95.9 Å². The van der Waals surface area contributed by atoms with E-state index in [0.29, 0.717) is 19.3 Å². The molecule has 0 aliphatic rings. The average Bonchev–Trinajstić information content (AvgIpc) is 3.24. The number of nitrogens with one attached hydrogen (secondary N) is 1. The van der Waals surface area contributed by atoms with Crippen LogP contribution in [0.25, 0.3) is 0 Å². The fraction of sp³-hybridized carbons (Fsp3) is 0.778. The molecule has 6 nitrogen and oxygen atoms in total. The number of hydrogen-bond acceptors (Lipinski definition) is 5. The smallest absolute Gasteiger partial charge is 0.306 e. The van der Waals surface area contributed by atoms with Crippen LogP contribution >= 0.6 is 0 Å². The highest BCUT2D eigenvalue weighted by Gasteiger charge is 2.24. The van der Waals surface area contributed by atoms with E-state index in [9.17, 15) is 19.8 Å². The monoisotopic (exact) mass is 840 g/mol. The van der Waals surface area contributed by atoms with Crippen LogP contribution in [0.1, 0.15) is 245 Å². The summed E-state index contributed by atoms with van der Waals surface area (Å²) in [4.78, 5) is 26.1. The number of carbonyl (C=O) groups is 2. The lowest BCUT2D eigenvalue weighted by molar-refractivity contribution is -0.151. The first-order chi connectivity index (χ1) is 29.5. The van der Waals surface area contributed by atoms with Crippen LogP contribution in [0.2, 0.25) is 0 Å². The zero-order valence-electron chi connectivity index (χ0n) is 39.6. The molecule has 60 heavy (non-hydrogen) atoms. The number of rotatable bonds is 45. The SMILES string of the molecule is CC/C=C/C/C=C/CCCCCCCCCC(=O)OC(CCCC/C=C\C/C=C\C/C=C\CCCCC)CC(=O)NC(CO)C(O)CCCCCCCCCCCCCC. The summed E-state index contributed by atoms with van der Waals surface area (Å²) in [5.74, 6) is -0.520. The van der Waals surface area contributed by atoms with Gasteiger partial charge in [-0.1, -0.05) is 204 Å². The average molecular weight is 840 g/mol. The van der Waals surface area contributed by atoms with Crippen LogP contribution < -0.4 is 5.32 Å². The van der Waals surface area contributed by atoms with Gasteiger partial charge >= 0.3 is 5.97 Å². The molecule has 0 radical (unpaired) electrons. The third kappa shape index (κ3) is 42.3. The van der Waals surface area contributed by atoms with Crippen LogP contribution in [0, 0.1) is 0 Å². The van der Waals surface area contributed by atoms with Gasteiger partial charge in [0.2, 0.25) is 5.91 Å². The fourth-order valence-corrected chi connectivity index (χ4v) is 7.47. The maximum Gasteiger partial charge on any atom is 0.306 e. The van der Waals surface area contributed by atoms with Gasteiger partial charge in [-0.3, -0.25) is 9.59 Å². The van der Waals surface area contributed by atoms with Crippen molar-refractivity contribution >= 4 is 11.9 Å². The highest BCUT2D eigenvalue weighted by Crippen LogP contribution is 2.17. The highest BCUT2D eigenvalue weighted by molar-refractivity contribution is 5.77. The van der Waals surface area contributed by atoms with Crippen molar-refractivity contribution in [2.24, 2.45) is 0 Å². The van der Waals surface area contributed by atoms with Crippen LogP contribution in [-0.4, -0.2) is 46.9 Å². The van der Waals surface area contributed by atoms with Gasteiger partial charge in [-0.2, -0.15) is 0 Å². The summed E-state index contributed by atoms with van der Waals surface area (Å²) >= 11 is 0. The molecule has 0 aromatic heterocycles. The standard InChI is InChI=1S/C54H97NO5/c1-4-7-10-13-16-19-22-25-27-28-30-33-36-39-42-45-50(60-54(59)47-44-41-38-35-32-29-26-23-20-17-14-11-8-5-2)48-53(58)55-51(49-56)52(57)46-43-40-37-34-31-24-21-18-15-12-9-6-3/h8,11,16-17,19-20,25,27,30,33,50-52,56-57H,4-7,9-10,12-15,18,21-24,26,28-29,31-32,34-49H2,1-3H3,(H,55,58)/b11-8+,19-16-,20-17+,27-25-,33-30-. The first kappa shape index (κ1) is 57.6. The van der Waals surface area contributed by atoms with E-state index in [-0.39, 0.29) is 24.9 Å². The molecule has 0 spiro atoms. The van der Waals surface area contributed by atoms with Gasteiger partial charge in [-0.05, 0) is 89.9 Å². The Bertz CT molecular complexity index is 1080. The van der Waals surface area contributed by atoms with Gasteiger partial charge in [-0.25, -0.2) is 0 Å². The number of allylic oxidation sites excluding steroid dienone is 10. The van der Waals surface area contributed by atoms with Crippen molar-refractivity contribution in [3.8, 4) is 0 Å². The Labute approximate surface area is 371 Å². The van der Waals surface area contributed by atoms with Crippen molar-refractivity contribution in [2.45, 2.75) is 264 Å². The molecular weight excluding hydrogens is 743 g/mol. The van der Waals surface area contributed by atoms with E-state index in [1.165, 1.54) is 109 Å². The summed E-state index contributed by atoms with van der Waals surface area (Å²) in [5, 5.41) is 23.7. The van der Waals surface area contributed by atoms with Crippen LogP contribution in [0.15, 0.2) is 60.8 Å². The molecule has 1 amide bonds. The minimum absolute atomic E-state index is 0.0475. The second-order valence-corrected chi connectivity index (χ2v) is 17.2. The molecule has 3 unspecified atom stereocenters. The summed E-state index contributed by atoms with van der Waals surface area (Å²) in [6.07, 6.45) is 58.5. The van der Waals surface area contributed by atoms with Gasteiger partial charge in [0, 0.05) is 6.42 Å². The van der Waals surface area contributed by atoms with Crippen molar-refractivity contribution in [2.75, 3.05) is 6.61 Å². The second-order valence-electron chi connectivity index (χ2n) is 17.2. The van der Waals surface area contributed by atoms with Crippen molar-refractivity contribution < 1.29 is 24.5 Å². The van der Waals surface area contributed by atoms with E-state index in [4.69, 9.17) is 4.74 Å². The summed E-state index contributed by atoms with van der Waals surface area (Å²) in [5.41, 5.74) is 0. The molecule has 0 heterocycles. The highest BCUT2D eigenvalue weighted by atomic mass is 16.5. The van der Waals surface area contributed by atoms with Gasteiger partial charge < -0.3 is 20.3 Å². The van der Waals surface area contributed by atoms with E-state index in [2.05, 4.69) is 86.8 Å². The van der Waals surface area contributed by atoms with Gasteiger partial charge in [0.25, 0.3) is 0 Å². The minimum atomic E-state index is -0.800. The zero-order valence-corrected chi connectivity index (χ0v) is 39.6. The molecule has 3 N–H and O–H groups in total. The Kier molecular flexibility index (Phi) is 45.7. The number of amides is 1. The van der Waals surface area contributed by atoms with E-state index in [1.54, 1.807) is 0 Å². The molecule has 3 atom stereocenters. The molecule has 0 saturated heterocycles. The number of esters is 1. The number of unbranched alkanes of at least 4 members (excludes halogenated alkanes) is 23. The largest absolute Gasteiger partial charge is 0.462 e. The van der Waals surface area contributed by atoms with E-state index in [1.807, 2.05) is 0 Å². The summed E-state index contributed by atoms with van der Waals surface area (Å²) in [6, 6.07) is -0.716. The summed E-state index contributed by atoms with van der Waals surface area (Å²) < 4.78 is 5.91. The zero-order chi connectivity index (χ0) is 43.8. The molecule has 0 aromatic carbocycles. The Hall–Kier alpha value is -2.44. The second kappa shape index (κ2) is 47.6. The van der Waals surface area contributed by atoms with Crippen molar-refractivity contribution in [1.82, 2.24) is 5.32 Å². The number of hydrogen-bond donors (Lipinski definition) is 3. The van der Waals surface area contributed by atoms with Crippen LogP contribution in [0.3, 0.4) is 0 Å². The molecule has 6 heteroatoms. The minimum Gasteiger partial charge on any atom is -0.462 e. The molecular formula is C54H97NO5. The molecule has 0 rings (SSSR count). The van der Waals surface area contributed by atoms with Gasteiger partial charge in [0.05, 0.1) is 25.2 Å². The third-order valence-electron chi connectivity index (χ3n) is 11.3. The van der Waals surface area contributed by atoms with Crippen LogP contribution in [-0.2, 0) is 14.3 Å². The fourth-order valence-electron chi connectivity index (χ4n) is 7.47. The predicted octanol–water partition coefficient (Wildman–Crippen LogP) is 15.2. The summed E-state index contributed by atoms with van der Waals surface area (Å²) in [6.45, 7) is 6.33. The van der Waals surface area contributed by atoms with E-state index in [0.717, 1.165) is 89.9 Å². The Balaban J connectivity index is 4.67. The lowest BCUT2D eigenvalue weighted by Crippen LogP contribution is -2.46. The molecule has 0 bridgehead atoms. The quantitative estimate of drug-likeness (QED) is 0.0322. The predicted molar refractivity (Wildman–Crippen MR) is 259 cm³/mol. The molecule has 0 fully saturated rings. The molecule has 0 saturated carbocycles. The van der Waals surface area contributed by atoms with Crippen molar-refractivity contribution in [1.29, 1.82) is 0 Å². The Morgan fingerprint density at radius 1 is 0.500 bits per heavy atom. The number of carbonyl (C=O) groups excluding carboxylic acids is 2. The maximum absolute atomic E-state index is 13.2. The van der Waals surface area contributed by atoms with E-state index >= 15 is 0 Å². The van der Waals surface area contributed by atoms with Crippen molar-refractivity contribution in [3.05, 3.63) is 60.8 Å². The molecule has 0 aromatic rings. The maximum atomic E-state index is 13.2. The first-order valence-electron chi connectivity index (χ1n) is 25.5. The van der Waals surface area contributed by atoms with Crippen LogP contribution in [0.5, 0.6) is 0 Å². The Morgan fingerprint density at radius 2 is 0.900 bits per heavy atom. The van der Waals surface area contributed by atoms with Crippen molar-refractivity contribution in [3.63, 3.8) is 0 Å². The Morgan fingerprint density at radius 3 is 1.42 bits per heavy atom. The van der Waals surface area contributed by atoms with Gasteiger partial charge in [-0.15, -0.1) is 0 Å². The molecule has 0 aliphatic carbocycles. The third-order valence-corrected chi connectivity index (χ3v) is 11.3. The first-order valence-corrected chi connectivity index (χ1v) is 25.5. The lowest BCUT2D eigenvalue weighted by atomic mass is 10.0. The number of aliphatic hydroxyl groups excluding tert-OH is 2. The van der Waals surface area contributed by atoms with Gasteiger partial charge in [0.15, 0.2) is 0 Å². The van der Waals surface area contributed by atoms with Gasteiger partial charge in [0.1, 0.15) is 6.10 Å². The lowest BCUT2D eigenvalue weighted by Gasteiger charge is -2.24.